The number of benzene rings is 1. The first kappa shape index (κ1) is 17.2. The van der Waals surface area contributed by atoms with Gasteiger partial charge in [0.15, 0.2) is 5.82 Å². The number of rotatable bonds is 3. The van der Waals surface area contributed by atoms with Gasteiger partial charge in [-0.2, -0.15) is 18.2 Å². The van der Waals surface area contributed by atoms with Crippen LogP contribution in [0.1, 0.15) is 11.1 Å². The van der Waals surface area contributed by atoms with E-state index in [1.165, 1.54) is 30.6 Å². The first-order chi connectivity index (χ1) is 11.8. The van der Waals surface area contributed by atoms with Crippen LogP contribution in [0.15, 0.2) is 48.8 Å². The van der Waals surface area contributed by atoms with Gasteiger partial charge in [0.05, 0.1) is 5.56 Å². The lowest BCUT2D eigenvalue weighted by atomic mass is 10.1. The highest BCUT2D eigenvalue weighted by Gasteiger charge is 2.30. The standard InChI is InChI=1S/C17H11ClF3N3O/c1-10-9-23-15(11-2-4-12(5-3-11)17(19,20)21)24-16(10)25-13-6-7-22-14(18)8-13/h2-9H,1H3. The quantitative estimate of drug-likeness (QED) is 0.590. The molecule has 3 rings (SSSR count). The minimum absolute atomic E-state index is 0.259. The highest BCUT2D eigenvalue weighted by molar-refractivity contribution is 6.29. The van der Waals surface area contributed by atoms with Gasteiger partial charge in [-0.3, -0.25) is 0 Å². The first-order valence-corrected chi connectivity index (χ1v) is 7.51. The Labute approximate surface area is 146 Å². The SMILES string of the molecule is Cc1cnc(-c2ccc(C(F)(F)F)cc2)nc1Oc1ccnc(Cl)c1. The summed E-state index contributed by atoms with van der Waals surface area (Å²) >= 11 is 5.81. The van der Waals surface area contributed by atoms with Crippen molar-refractivity contribution in [2.75, 3.05) is 0 Å². The van der Waals surface area contributed by atoms with Gasteiger partial charge in [0.25, 0.3) is 0 Å². The van der Waals surface area contributed by atoms with Crippen LogP contribution in [0, 0.1) is 6.92 Å². The van der Waals surface area contributed by atoms with Gasteiger partial charge in [-0.15, -0.1) is 0 Å². The molecule has 0 radical (unpaired) electrons. The van der Waals surface area contributed by atoms with Crippen LogP contribution in [0.4, 0.5) is 13.2 Å². The summed E-state index contributed by atoms with van der Waals surface area (Å²) in [7, 11) is 0. The minimum atomic E-state index is -4.39. The van der Waals surface area contributed by atoms with E-state index in [9.17, 15) is 13.2 Å². The summed E-state index contributed by atoms with van der Waals surface area (Å²) in [5.41, 5.74) is 0.389. The topological polar surface area (TPSA) is 47.9 Å². The molecule has 3 aromatic rings. The predicted molar refractivity (Wildman–Crippen MR) is 86.5 cm³/mol. The molecule has 0 fully saturated rings. The molecule has 0 aliphatic rings. The molecular weight excluding hydrogens is 355 g/mol. The largest absolute Gasteiger partial charge is 0.438 e. The molecule has 2 aromatic heterocycles. The second kappa shape index (κ2) is 6.68. The molecule has 0 unspecified atom stereocenters. The van der Waals surface area contributed by atoms with Crippen LogP contribution in [0.25, 0.3) is 11.4 Å². The third-order valence-electron chi connectivity index (χ3n) is 3.31. The van der Waals surface area contributed by atoms with E-state index in [0.717, 1.165) is 12.1 Å². The second-order valence-corrected chi connectivity index (χ2v) is 5.56. The third-order valence-corrected chi connectivity index (χ3v) is 3.51. The van der Waals surface area contributed by atoms with Crippen LogP contribution in [0.3, 0.4) is 0 Å². The molecule has 0 saturated carbocycles. The Balaban J connectivity index is 1.91. The van der Waals surface area contributed by atoms with Crippen LogP contribution in [-0.2, 0) is 6.18 Å². The molecule has 1 aromatic carbocycles. The molecule has 8 heteroatoms. The number of aryl methyl sites for hydroxylation is 1. The second-order valence-electron chi connectivity index (χ2n) is 5.17. The van der Waals surface area contributed by atoms with Crippen molar-refractivity contribution in [2.24, 2.45) is 0 Å². The Morgan fingerprint density at radius 3 is 2.40 bits per heavy atom. The smallest absolute Gasteiger partial charge is 0.416 e. The maximum atomic E-state index is 12.6. The van der Waals surface area contributed by atoms with Crippen LogP contribution in [0.2, 0.25) is 5.15 Å². The number of aromatic nitrogens is 3. The fourth-order valence-corrected chi connectivity index (χ4v) is 2.20. The van der Waals surface area contributed by atoms with Crippen LogP contribution in [0.5, 0.6) is 11.6 Å². The van der Waals surface area contributed by atoms with Gasteiger partial charge in [0.1, 0.15) is 10.9 Å². The highest BCUT2D eigenvalue weighted by atomic mass is 35.5. The van der Waals surface area contributed by atoms with Gasteiger partial charge in [-0.1, -0.05) is 23.7 Å². The maximum Gasteiger partial charge on any atom is 0.416 e. The molecule has 0 amide bonds. The van der Waals surface area contributed by atoms with E-state index in [1.54, 1.807) is 13.0 Å². The van der Waals surface area contributed by atoms with Gasteiger partial charge in [0.2, 0.25) is 5.88 Å². The Morgan fingerprint density at radius 2 is 1.76 bits per heavy atom. The number of hydrogen-bond acceptors (Lipinski definition) is 4. The summed E-state index contributed by atoms with van der Waals surface area (Å²) in [6.07, 6.45) is -1.36. The van der Waals surface area contributed by atoms with Crippen LogP contribution in [-0.4, -0.2) is 15.0 Å². The Kier molecular flexibility index (Phi) is 4.59. The van der Waals surface area contributed by atoms with E-state index in [-0.39, 0.29) is 16.9 Å². The molecule has 0 bridgehead atoms. The molecule has 0 aliphatic carbocycles. The van der Waals surface area contributed by atoms with Crippen molar-refractivity contribution in [3.05, 3.63) is 65.1 Å². The fraction of sp³-hybridized carbons (Fsp3) is 0.118. The summed E-state index contributed by atoms with van der Waals surface area (Å²) < 4.78 is 43.6. The molecule has 0 atom stereocenters. The molecular formula is C17H11ClF3N3O. The lowest BCUT2D eigenvalue weighted by molar-refractivity contribution is -0.137. The zero-order valence-corrected chi connectivity index (χ0v) is 13.6. The first-order valence-electron chi connectivity index (χ1n) is 7.13. The van der Waals surface area contributed by atoms with E-state index in [2.05, 4.69) is 15.0 Å². The molecule has 2 heterocycles. The number of nitrogens with zero attached hydrogens (tertiary/aromatic N) is 3. The van der Waals surface area contributed by atoms with E-state index < -0.39 is 11.7 Å². The molecule has 128 valence electrons. The normalized spacial score (nSPS) is 11.4. The van der Waals surface area contributed by atoms with Crippen molar-refractivity contribution < 1.29 is 17.9 Å². The number of pyridine rings is 1. The maximum absolute atomic E-state index is 12.6. The van der Waals surface area contributed by atoms with Gasteiger partial charge < -0.3 is 4.74 Å². The van der Waals surface area contributed by atoms with Crippen molar-refractivity contribution in [1.29, 1.82) is 0 Å². The van der Waals surface area contributed by atoms with Gasteiger partial charge in [0, 0.05) is 29.6 Å². The molecule has 0 spiro atoms. The summed E-state index contributed by atoms with van der Waals surface area (Å²) in [5, 5.41) is 0.271. The molecule has 25 heavy (non-hydrogen) atoms. The monoisotopic (exact) mass is 365 g/mol. The van der Waals surface area contributed by atoms with Gasteiger partial charge >= 0.3 is 6.18 Å². The van der Waals surface area contributed by atoms with E-state index in [0.29, 0.717) is 16.9 Å². The summed E-state index contributed by atoms with van der Waals surface area (Å²) in [5.74, 6) is 0.988. The minimum Gasteiger partial charge on any atom is -0.438 e. The molecule has 0 aliphatic heterocycles. The fourth-order valence-electron chi connectivity index (χ4n) is 2.04. The van der Waals surface area contributed by atoms with Crippen molar-refractivity contribution in [2.45, 2.75) is 13.1 Å². The Hall–Kier alpha value is -2.67. The number of ether oxygens (including phenoxy) is 1. The predicted octanol–water partition coefficient (Wildman–Crippen LogP) is 5.31. The number of halogens is 4. The lowest BCUT2D eigenvalue weighted by Crippen LogP contribution is -2.04. The van der Waals surface area contributed by atoms with Crippen LogP contribution >= 0.6 is 11.6 Å². The van der Waals surface area contributed by atoms with E-state index in [1.807, 2.05) is 0 Å². The third kappa shape index (κ3) is 4.06. The van der Waals surface area contributed by atoms with Crippen molar-refractivity contribution >= 4 is 11.6 Å². The Bertz CT molecular complexity index is 898. The zero-order valence-electron chi connectivity index (χ0n) is 12.9. The zero-order chi connectivity index (χ0) is 18.0. The average Bonchev–Trinajstić information content (AvgIpc) is 2.56. The van der Waals surface area contributed by atoms with E-state index >= 15 is 0 Å². The van der Waals surface area contributed by atoms with Gasteiger partial charge in [-0.05, 0) is 25.1 Å². The van der Waals surface area contributed by atoms with Crippen molar-refractivity contribution in [3.63, 3.8) is 0 Å². The highest BCUT2D eigenvalue weighted by Crippen LogP contribution is 2.31. The van der Waals surface area contributed by atoms with Crippen molar-refractivity contribution in [1.82, 2.24) is 15.0 Å². The number of hydrogen-bond donors (Lipinski definition) is 0. The van der Waals surface area contributed by atoms with Crippen molar-refractivity contribution in [3.8, 4) is 23.0 Å². The average molecular weight is 366 g/mol. The van der Waals surface area contributed by atoms with Crippen LogP contribution < -0.4 is 4.74 Å². The molecule has 4 nitrogen and oxygen atoms in total. The molecule has 0 N–H and O–H groups in total. The summed E-state index contributed by atoms with van der Waals surface area (Å²) in [6.45, 7) is 1.76. The van der Waals surface area contributed by atoms with Gasteiger partial charge in [-0.25, -0.2) is 9.97 Å². The summed E-state index contributed by atoms with van der Waals surface area (Å²) in [6, 6.07) is 7.76. The lowest BCUT2D eigenvalue weighted by Gasteiger charge is -2.10. The number of alkyl halides is 3. The molecule has 0 saturated heterocycles. The Morgan fingerprint density at radius 1 is 1.04 bits per heavy atom. The summed E-state index contributed by atoms with van der Waals surface area (Å²) in [4.78, 5) is 12.3. The van der Waals surface area contributed by atoms with E-state index in [4.69, 9.17) is 16.3 Å².